The summed E-state index contributed by atoms with van der Waals surface area (Å²) in [4.78, 5) is 17.0. The van der Waals surface area contributed by atoms with E-state index < -0.39 is 24.6 Å². The minimum atomic E-state index is -2.69. The predicted molar refractivity (Wildman–Crippen MR) is 160 cm³/mol. The Kier molecular flexibility index (Phi) is 8.12. The highest BCUT2D eigenvalue weighted by atomic mass is 19.3. The highest BCUT2D eigenvalue weighted by molar-refractivity contribution is 6.03. The maximum Gasteiger partial charge on any atom is 0.319 e. The van der Waals surface area contributed by atoms with Crippen LogP contribution in [0.1, 0.15) is 45.1 Å². The van der Waals surface area contributed by atoms with Crippen molar-refractivity contribution in [3.8, 4) is 28.9 Å². The SMILES string of the molecule is CCCC1(COc2nc3c4c(nc(-c5cc(O)cc6ccc(F)c(CC)c56)c(F)c4n2)OCCN3CC(F)F)CCCN1C. The Bertz CT molecular complexity index is 1720. The molecule has 2 aromatic heterocycles. The molecule has 2 aliphatic rings. The third-order valence-corrected chi connectivity index (χ3v) is 8.86. The van der Waals surface area contributed by atoms with Gasteiger partial charge in [-0.2, -0.15) is 9.97 Å². The number of fused-ring (bicyclic) bond motifs is 1. The molecule has 0 aliphatic carbocycles. The van der Waals surface area contributed by atoms with Crippen molar-refractivity contribution < 1.29 is 32.1 Å². The molecule has 2 aliphatic heterocycles. The minimum absolute atomic E-state index is 0.0214. The highest BCUT2D eigenvalue weighted by Crippen LogP contribution is 2.43. The van der Waals surface area contributed by atoms with Gasteiger partial charge in [-0.15, -0.1) is 0 Å². The quantitative estimate of drug-likeness (QED) is 0.214. The lowest BCUT2D eigenvalue weighted by molar-refractivity contribution is 0.0828. The van der Waals surface area contributed by atoms with Gasteiger partial charge in [0.15, 0.2) is 5.82 Å². The number of hydrogen-bond donors (Lipinski definition) is 1. The number of aryl methyl sites for hydroxylation is 1. The van der Waals surface area contributed by atoms with Gasteiger partial charge in [0.25, 0.3) is 6.43 Å². The molecule has 44 heavy (non-hydrogen) atoms. The van der Waals surface area contributed by atoms with Crippen molar-refractivity contribution in [2.75, 3.05) is 44.8 Å². The number of alkyl halides is 2. The molecule has 1 saturated heterocycles. The van der Waals surface area contributed by atoms with Gasteiger partial charge in [-0.25, -0.2) is 22.5 Å². The molecule has 4 heterocycles. The maximum absolute atomic E-state index is 16.8. The Morgan fingerprint density at radius 3 is 2.61 bits per heavy atom. The van der Waals surface area contributed by atoms with Crippen LogP contribution in [0.2, 0.25) is 0 Å². The maximum atomic E-state index is 16.8. The molecule has 1 atom stereocenters. The number of phenolic OH excluding ortho intramolecular Hbond substituents is 1. The van der Waals surface area contributed by atoms with Gasteiger partial charge in [0.2, 0.25) is 5.88 Å². The second-order valence-corrected chi connectivity index (χ2v) is 11.6. The minimum Gasteiger partial charge on any atom is -0.508 e. The summed E-state index contributed by atoms with van der Waals surface area (Å²) in [6, 6.07) is 5.47. The Morgan fingerprint density at radius 2 is 1.91 bits per heavy atom. The molecule has 0 saturated carbocycles. The van der Waals surface area contributed by atoms with Crippen LogP contribution in [0.4, 0.5) is 23.4 Å². The Labute approximate surface area is 252 Å². The van der Waals surface area contributed by atoms with E-state index in [0.29, 0.717) is 22.8 Å². The Hall–Kier alpha value is -3.93. The van der Waals surface area contributed by atoms with Gasteiger partial charge >= 0.3 is 6.01 Å². The molecule has 0 bridgehead atoms. The van der Waals surface area contributed by atoms with Crippen molar-refractivity contribution in [1.29, 1.82) is 0 Å². The zero-order valence-electron chi connectivity index (χ0n) is 25.0. The van der Waals surface area contributed by atoms with Crippen LogP contribution in [-0.2, 0) is 6.42 Å². The van der Waals surface area contributed by atoms with E-state index >= 15 is 4.39 Å². The van der Waals surface area contributed by atoms with Gasteiger partial charge < -0.3 is 19.5 Å². The number of benzene rings is 2. The molecule has 234 valence electrons. The van der Waals surface area contributed by atoms with Crippen LogP contribution in [0, 0.1) is 11.6 Å². The molecule has 12 heteroatoms. The number of anilines is 1. The Morgan fingerprint density at radius 1 is 1.09 bits per heavy atom. The molecule has 2 aromatic carbocycles. The number of aromatic nitrogens is 3. The van der Waals surface area contributed by atoms with Crippen molar-refractivity contribution in [3.05, 3.63) is 41.5 Å². The molecule has 1 unspecified atom stereocenters. The third-order valence-electron chi connectivity index (χ3n) is 8.86. The summed E-state index contributed by atoms with van der Waals surface area (Å²) >= 11 is 0. The van der Waals surface area contributed by atoms with Gasteiger partial charge in [-0.3, -0.25) is 4.90 Å². The van der Waals surface area contributed by atoms with Gasteiger partial charge in [0.05, 0.1) is 18.6 Å². The lowest BCUT2D eigenvalue weighted by atomic mass is 9.92. The van der Waals surface area contributed by atoms with E-state index in [2.05, 4.69) is 26.8 Å². The summed E-state index contributed by atoms with van der Waals surface area (Å²) in [6.45, 7) is 4.41. The fourth-order valence-electron chi connectivity index (χ4n) is 6.72. The molecule has 1 N–H and O–H groups in total. The normalized spacial score (nSPS) is 18.8. The summed E-state index contributed by atoms with van der Waals surface area (Å²) in [6.07, 6.45) is 1.35. The van der Waals surface area contributed by atoms with Crippen LogP contribution in [0.25, 0.3) is 32.9 Å². The number of likely N-dealkylation sites (N-methyl/N-ethyl adjacent to an activating group) is 1. The standard InChI is InChI=1S/C32H35F4N5O3/c1-4-9-32(10-6-11-40(32)3)17-44-31-38-28-25-29(39-31)41(16-23(34)35)12-13-43-30(25)37-27(26(28)36)21-15-19(42)14-18-7-8-22(33)20(5-2)24(18)21/h7-8,14-15,23,42H,4-6,9-13,16-17H2,1-3H3. The van der Waals surface area contributed by atoms with Gasteiger partial charge in [-0.05, 0) is 73.8 Å². The number of hydrogen-bond acceptors (Lipinski definition) is 8. The number of rotatable bonds is 9. The number of phenols is 1. The fourth-order valence-corrected chi connectivity index (χ4v) is 6.72. The van der Waals surface area contributed by atoms with Crippen molar-refractivity contribution in [2.24, 2.45) is 0 Å². The molecule has 8 nitrogen and oxygen atoms in total. The lowest BCUT2D eigenvalue weighted by Crippen LogP contribution is -2.46. The topological polar surface area (TPSA) is 83.8 Å². The van der Waals surface area contributed by atoms with E-state index in [-0.39, 0.29) is 70.9 Å². The number of pyridine rings is 1. The molecule has 6 rings (SSSR count). The van der Waals surface area contributed by atoms with Gasteiger partial charge in [-0.1, -0.05) is 26.3 Å². The summed E-state index contributed by atoms with van der Waals surface area (Å²) in [5.41, 5.74) is -0.198. The number of likely N-dealkylation sites (tertiary alicyclic amines) is 1. The monoisotopic (exact) mass is 613 g/mol. The molecule has 4 aromatic rings. The van der Waals surface area contributed by atoms with Crippen LogP contribution in [0.5, 0.6) is 17.6 Å². The molecule has 1 fully saturated rings. The zero-order valence-corrected chi connectivity index (χ0v) is 25.0. The molecule has 0 amide bonds. The summed E-state index contributed by atoms with van der Waals surface area (Å²) in [7, 11) is 2.04. The number of aromatic hydroxyl groups is 1. The van der Waals surface area contributed by atoms with Gasteiger partial charge in [0, 0.05) is 5.56 Å². The van der Waals surface area contributed by atoms with Crippen molar-refractivity contribution in [1.82, 2.24) is 19.9 Å². The second-order valence-electron chi connectivity index (χ2n) is 11.6. The van der Waals surface area contributed by atoms with E-state index in [4.69, 9.17) is 9.47 Å². The van der Waals surface area contributed by atoms with E-state index in [9.17, 15) is 18.3 Å². The zero-order chi connectivity index (χ0) is 31.2. The fraction of sp³-hybridized carbons (Fsp3) is 0.469. The van der Waals surface area contributed by atoms with Crippen LogP contribution >= 0.6 is 0 Å². The average Bonchev–Trinajstić information content (AvgIpc) is 3.26. The summed E-state index contributed by atoms with van der Waals surface area (Å²) in [5.74, 6) is -1.52. The first-order chi connectivity index (χ1) is 21.2. The summed E-state index contributed by atoms with van der Waals surface area (Å²) < 4.78 is 71.1. The molecule has 0 spiro atoms. The first-order valence-electron chi connectivity index (χ1n) is 15.0. The van der Waals surface area contributed by atoms with E-state index in [0.717, 1.165) is 32.2 Å². The van der Waals surface area contributed by atoms with E-state index in [1.165, 1.54) is 29.2 Å². The summed E-state index contributed by atoms with van der Waals surface area (Å²) in [5, 5.41) is 11.5. The third kappa shape index (κ3) is 5.22. The second kappa shape index (κ2) is 11.9. The van der Waals surface area contributed by atoms with Crippen LogP contribution in [-0.4, -0.2) is 76.8 Å². The van der Waals surface area contributed by atoms with Crippen LogP contribution in [0.3, 0.4) is 0 Å². The molecular formula is C32H35F4N5O3. The van der Waals surface area contributed by atoms with Crippen molar-refractivity contribution in [3.63, 3.8) is 0 Å². The first-order valence-corrected chi connectivity index (χ1v) is 15.0. The number of nitrogens with zero attached hydrogens (tertiary/aromatic N) is 5. The first kappa shape index (κ1) is 30.1. The largest absolute Gasteiger partial charge is 0.508 e. The average molecular weight is 614 g/mol. The van der Waals surface area contributed by atoms with E-state index in [1.54, 1.807) is 6.92 Å². The molecular weight excluding hydrogens is 578 g/mol. The lowest BCUT2D eigenvalue weighted by Gasteiger charge is -2.35. The van der Waals surface area contributed by atoms with E-state index in [1.807, 2.05) is 7.05 Å². The van der Waals surface area contributed by atoms with Gasteiger partial charge in [0.1, 0.15) is 47.2 Å². The van der Waals surface area contributed by atoms with Crippen molar-refractivity contribution >= 4 is 27.5 Å². The predicted octanol–water partition coefficient (Wildman–Crippen LogP) is 6.50. The molecule has 0 radical (unpaired) electrons. The number of ether oxygens (including phenoxy) is 2. The van der Waals surface area contributed by atoms with Crippen LogP contribution in [0.15, 0.2) is 24.3 Å². The van der Waals surface area contributed by atoms with Crippen LogP contribution < -0.4 is 14.4 Å². The smallest absolute Gasteiger partial charge is 0.319 e. The van der Waals surface area contributed by atoms with Crippen molar-refractivity contribution in [2.45, 2.75) is 57.9 Å². The number of halogens is 4. The highest BCUT2D eigenvalue weighted by Gasteiger charge is 2.39. The Balaban J connectivity index is 1.57.